The number of nitrogens with one attached hydrogen (secondary N) is 1. The van der Waals surface area contributed by atoms with Gasteiger partial charge in [0.15, 0.2) is 0 Å². The second-order valence-electron chi connectivity index (χ2n) is 4.90. The SMILES string of the molecule is CSc1cccc(NC2CCC(=O)N(C)C2)c1C(N)=S. The third-order valence-corrected chi connectivity index (χ3v) is 4.46. The van der Waals surface area contributed by atoms with Crippen LogP contribution in [0.25, 0.3) is 0 Å². The summed E-state index contributed by atoms with van der Waals surface area (Å²) < 4.78 is 0. The minimum Gasteiger partial charge on any atom is -0.389 e. The molecule has 3 N–H and O–H groups in total. The van der Waals surface area contributed by atoms with Crippen LogP contribution in [0.15, 0.2) is 23.1 Å². The molecule has 1 fully saturated rings. The quantitative estimate of drug-likeness (QED) is 0.659. The van der Waals surface area contributed by atoms with Gasteiger partial charge in [0.1, 0.15) is 4.99 Å². The lowest BCUT2D eigenvalue weighted by atomic mass is 10.0. The average molecular weight is 309 g/mol. The van der Waals surface area contributed by atoms with Gasteiger partial charge in [-0.25, -0.2) is 0 Å². The van der Waals surface area contributed by atoms with Gasteiger partial charge < -0.3 is 16.0 Å². The molecule has 1 heterocycles. The number of thiocarbonyl (C=S) groups is 1. The van der Waals surface area contributed by atoms with E-state index in [2.05, 4.69) is 5.32 Å². The van der Waals surface area contributed by atoms with Crippen molar-refractivity contribution in [1.29, 1.82) is 0 Å². The van der Waals surface area contributed by atoms with Gasteiger partial charge in [0.05, 0.1) is 0 Å². The Morgan fingerprint density at radius 3 is 2.90 bits per heavy atom. The molecule has 1 saturated heterocycles. The van der Waals surface area contributed by atoms with Gasteiger partial charge in [-0.3, -0.25) is 4.79 Å². The molecule has 1 aliphatic rings. The van der Waals surface area contributed by atoms with Crippen LogP contribution in [0.4, 0.5) is 5.69 Å². The molecule has 2 rings (SSSR count). The molecule has 0 aromatic heterocycles. The van der Waals surface area contributed by atoms with Gasteiger partial charge >= 0.3 is 0 Å². The van der Waals surface area contributed by atoms with Crippen LogP contribution in [0.5, 0.6) is 0 Å². The number of nitrogens with zero attached hydrogens (tertiary/aromatic N) is 1. The molecule has 1 aromatic carbocycles. The molecule has 1 aromatic rings. The third kappa shape index (κ3) is 3.24. The van der Waals surface area contributed by atoms with E-state index in [1.54, 1.807) is 16.7 Å². The molecule has 4 nitrogen and oxygen atoms in total. The summed E-state index contributed by atoms with van der Waals surface area (Å²) in [5.41, 5.74) is 7.71. The van der Waals surface area contributed by atoms with Crippen LogP contribution < -0.4 is 11.1 Å². The molecule has 0 aliphatic carbocycles. The van der Waals surface area contributed by atoms with Gasteiger partial charge in [-0.2, -0.15) is 0 Å². The van der Waals surface area contributed by atoms with E-state index in [1.807, 2.05) is 31.5 Å². The second-order valence-corrected chi connectivity index (χ2v) is 6.19. The van der Waals surface area contributed by atoms with Gasteiger partial charge in [0, 0.05) is 42.2 Å². The Labute approximate surface area is 129 Å². The van der Waals surface area contributed by atoms with E-state index in [9.17, 15) is 4.79 Å². The van der Waals surface area contributed by atoms with Gasteiger partial charge in [-0.05, 0) is 24.8 Å². The van der Waals surface area contributed by atoms with Crippen LogP contribution >= 0.6 is 24.0 Å². The lowest BCUT2D eigenvalue weighted by Crippen LogP contribution is -2.43. The Kier molecular flexibility index (Phi) is 4.88. The van der Waals surface area contributed by atoms with Crippen molar-refractivity contribution in [2.75, 3.05) is 25.2 Å². The number of likely N-dealkylation sites (N-methyl/N-ethyl adjacent to an activating group) is 1. The molecule has 0 radical (unpaired) electrons. The molecule has 1 unspecified atom stereocenters. The number of likely N-dealkylation sites (tertiary alicyclic amines) is 1. The first-order valence-corrected chi connectivity index (χ1v) is 8.13. The summed E-state index contributed by atoms with van der Waals surface area (Å²) in [6.45, 7) is 0.707. The number of rotatable bonds is 4. The molecular weight excluding hydrogens is 290 g/mol. The van der Waals surface area contributed by atoms with E-state index >= 15 is 0 Å². The van der Waals surface area contributed by atoms with Crippen molar-refractivity contribution in [1.82, 2.24) is 4.90 Å². The molecule has 1 amide bonds. The number of hydrogen-bond donors (Lipinski definition) is 2. The van der Waals surface area contributed by atoms with Crippen molar-refractivity contribution in [3.63, 3.8) is 0 Å². The fourth-order valence-electron chi connectivity index (χ4n) is 2.43. The summed E-state index contributed by atoms with van der Waals surface area (Å²) >= 11 is 6.80. The Bertz CT molecular complexity index is 533. The molecular formula is C14H19N3OS2. The van der Waals surface area contributed by atoms with Crippen LogP contribution in [-0.2, 0) is 4.79 Å². The number of amides is 1. The summed E-state index contributed by atoms with van der Waals surface area (Å²) in [5, 5.41) is 3.48. The molecule has 0 spiro atoms. The lowest BCUT2D eigenvalue weighted by Gasteiger charge is -2.31. The first-order chi connectivity index (χ1) is 9.52. The van der Waals surface area contributed by atoms with Gasteiger partial charge in [0.2, 0.25) is 5.91 Å². The van der Waals surface area contributed by atoms with Gasteiger partial charge in [0.25, 0.3) is 0 Å². The maximum atomic E-state index is 11.5. The molecule has 1 aliphatic heterocycles. The molecule has 1 atom stereocenters. The number of anilines is 1. The molecule has 0 saturated carbocycles. The number of hydrogen-bond acceptors (Lipinski definition) is 4. The van der Waals surface area contributed by atoms with Crippen molar-refractivity contribution >= 4 is 40.6 Å². The number of benzene rings is 1. The number of piperidine rings is 1. The zero-order chi connectivity index (χ0) is 14.7. The summed E-state index contributed by atoms with van der Waals surface area (Å²) in [4.78, 5) is 14.8. The summed E-state index contributed by atoms with van der Waals surface area (Å²) in [5.74, 6) is 0.204. The maximum absolute atomic E-state index is 11.5. The maximum Gasteiger partial charge on any atom is 0.222 e. The fourth-order valence-corrected chi connectivity index (χ4v) is 3.35. The number of thioether (sulfide) groups is 1. The van der Waals surface area contributed by atoms with Crippen molar-refractivity contribution in [3.05, 3.63) is 23.8 Å². The van der Waals surface area contributed by atoms with Crippen LogP contribution in [-0.4, -0.2) is 41.7 Å². The van der Waals surface area contributed by atoms with E-state index in [-0.39, 0.29) is 11.9 Å². The Morgan fingerprint density at radius 1 is 1.55 bits per heavy atom. The monoisotopic (exact) mass is 309 g/mol. The third-order valence-electron chi connectivity index (χ3n) is 3.48. The minimum absolute atomic E-state index is 0.204. The lowest BCUT2D eigenvalue weighted by molar-refractivity contribution is -0.132. The number of nitrogens with two attached hydrogens (primary N) is 1. The van der Waals surface area contributed by atoms with Gasteiger partial charge in [-0.15, -0.1) is 11.8 Å². The fraction of sp³-hybridized carbons (Fsp3) is 0.429. The zero-order valence-electron chi connectivity index (χ0n) is 11.7. The Hall–Kier alpha value is -1.27. The summed E-state index contributed by atoms with van der Waals surface area (Å²) in [6.07, 6.45) is 3.43. The first kappa shape index (κ1) is 15.1. The van der Waals surface area contributed by atoms with Gasteiger partial charge in [-0.1, -0.05) is 18.3 Å². The van der Waals surface area contributed by atoms with Crippen molar-refractivity contribution < 1.29 is 4.79 Å². The van der Waals surface area contributed by atoms with Crippen LogP contribution in [0.1, 0.15) is 18.4 Å². The highest BCUT2D eigenvalue weighted by Gasteiger charge is 2.23. The topological polar surface area (TPSA) is 58.4 Å². The number of carbonyl (C=O) groups is 1. The minimum atomic E-state index is 0.204. The normalized spacial score (nSPS) is 19.0. The Balaban J connectivity index is 2.21. The molecule has 20 heavy (non-hydrogen) atoms. The zero-order valence-corrected chi connectivity index (χ0v) is 13.3. The first-order valence-electron chi connectivity index (χ1n) is 6.50. The highest BCUT2D eigenvalue weighted by Crippen LogP contribution is 2.28. The van der Waals surface area contributed by atoms with E-state index < -0.39 is 0 Å². The van der Waals surface area contributed by atoms with E-state index in [0.717, 1.165) is 22.6 Å². The molecule has 108 valence electrons. The van der Waals surface area contributed by atoms with Crippen LogP contribution in [0.2, 0.25) is 0 Å². The Morgan fingerprint density at radius 2 is 2.30 bits per heavy atom. The van der Waals surface area contributed by atoms with Crippen molar-refractivity contribution in [2.45, 2.75) is 23.8 Å². The predicted octanol–water partition coefficient (Wildman–Crippen LogP) is 2.08. The molecule has 6 heteroatoms. The van der Waals surface area contributed by atoms with E-state index in [1.165, 1.54) is 0 Å². The summed E-state index contributed by atoms with van der Waals surface area (Å²) in [7, 11) is 1.84. The highest BCUT2D eigenvalue weighted by molar-refractivity contribution is 7.98. The molecule has 0 bridgehead atoms. The smallest absolute Gasteiger partial charge is 0.222 e. The van der Waals surface area contributed by atoms with Crippen LogP contribution in [0, 0.1) is 0 Å². The standard InChI is InChI=1S/C14H19N3OS2/c1-17-8-9(6-7-12(17)18)16-10-4-3-5-11(20-2)13(10)14(15)19/h3-5,9,16H,6-8H2,1-2H3,(H2,15,19). The largest absolute Gasteiger partial charge is 0.389 e. The predicted molar refractivity (Wildman–Crippen MR) is 88.4 cm³/mol. The van der Waals surface area contributed by atoms with Crippen molar-refractivity contribution in [3.8, 4) is 0 Å². The number of carbonyl (C=O) groups excluding carboxylic acids is 1. The summed E-state index contributed by atoms with van der Waals surface area (Å²) in [6, 6.07) is 6.24. The van der Waals surface area contributed by atoms with Crippen LogP contribution in [0.3, 0.4) is 0 Å². The van der Waals surface area contributed by atoms with E-state index in [4.69, 9.17) is 18.0 Å². The average Bonchev–Trinajstić information content (AvgIpc) is 2.42. The second kappa shape index (κ2) is 6.45. The van der Waals surface area contributed by atoms with Crippen molar-refractivity contribution in [2.24, 2.45) is 5.73 Å². The highest BCUT2D eigenvalue weighted by atomic mass is 32.2. The van der Waals surface area contributed by atoms with E-state index in [0.29, 0.717) is 18.0 Å².